The second-order valence-corrected chi connectivity index (χ2v) is 9.00. The van der Waals surface area contributed by atoms with Crippen LogP contribution in [0.1, 0.15) is 16.8 Å². The number of aliphatic carboxylic acids is 1. The van der Waals surface area contributed by atoms with E-state index in [0.29, 0.717) is 16.7 Å². The molecule has 0 saturated carbocycles. The van der Waals surface area contributed by atoms with E-state index in [1.165, 1.54) is 17.1 Å². The van der Waals surface area contributed by atoms with Gasteiger partial charge in [0.25, 0.3) is 5.56 Å². The van der Waals surface area contributed by atoms with E-state index in [0.717, 1.165) is 11.1 Å². The second kappa shape index (κ2) is 10.8. The van der Waals surface area contributed by atoms with Crippen LogP contribution >= 0.6 is 0 Å². The number of rotatable bonds is 10. The lowest BCUT2D eigenvalue weighted by atomic mass is 10.0. The number of hydrogen-bond donors (Lipinski definition) is 7. The number of carboxylic acid groups (broad SMARTS) is 1. The molecule has 8 N–H and O–H groups in total. The number of aromatic amines is 1. The molecule has 3 heterocycles. The minimum atomic E-state index is -1.73. The van der Waals surface area contributed by atoms with E-state index in [9.17, 15) is 29.7 Å². The van der Waals surface area contributed by atoms with Crippen molar-refractivity contribution in [3.05, 3.63) is 62.3 Å². The molecule has 0 spiro atoms. The molecule has 1 aromatic carbocycles. The molecule has 0 bridgehead atoms. The van der Waals surface area contributed by atoms with Gasteiger partial charge in [0.1, 0.15) is 24.4 Å². The van der Waals surface area contributed by atoms with E-state index in [-0.39, 0.29) is 31.0 Å². The maximum atomic E-state index is 12.6. The van der Waals surface area contributed by atoms with Crippen molar-refractivity contribution in [2.45, 2.75) is 50.8 Å². The third-order valence-corrected chi connectivity index (χ3v) is 6.30. The van der Waals surface area contributed by atoms with E-state index in [1.807, 2.05) is 0 Å². The van der Waals surface area contributed by atoms with Crippen molar-refractivity contribution in [3.8, 4) is 11.5 Å². The number of aliphatic hydroxyl groups excluding tert-OH is 4. The number of nitrogens with zero attached hydrogens (tertiary/aromatic N) is 5. The summed E-state index contributed by atoms with van der Waals surface area (Å²) in [4.78, 5) is 50.1. The predicted molar refractivity (Wildman–Crippen MR) is 132 cm³/mol. The van der Waals surface area contributed by atoms with Crippen LogP contribution < -0.4 is 17.0 Å². The molecule has 15 nitrogen and oxygen atoms in total. The fraction of sp³-hybridized carbons (Fsp3) is 0.391. The van der Waals surface area contributed by atoms with Gasteiger partial charge in [-0.3, -0.25) is 14.6 Å². The summed E-state index contributed by atoms with van der Waals surface area (Å²) < 4.78 is 3.08. The molecule has 1 aromatic heterocycles. The molecule has 38 heavy (non-hydrogen) atoms. The standard InChI is InChI=1S/C23H27N7O8/c1-10-2-15-14(3-11(10)6-29-9-25-5-12(29)4-13(24)22(36)37)26-18-20(27-23(38)28-21(18)35)30(15)7-16(32)19(34)17(33)8-31/h2-3,5,9,13,16-17,19,31-34H,4,6-8,24H2,1H3,(H,36,37)(H,28,35,38). The molecule has 2 aliphatic rings. The molecule has 4 atom stereocenters. The number of aromatic nitrogens is 6. The van der Waals surface area contributed by atoms with Crippen LogP contribution in [-0.4, -0.2) is 91.5 Å². The fourth-order valence-corrected chi connectivity index (χ4v) is 4.16. The lowest BCUT2D eigenvalue weighted by Gasteiger charge is -2.25. The lowest BCUT2D eigenvalue weighted by Crippen LogP contribution is -2.42. The molecular formula is C23H27N7O8. The number of aliphatic hydroxyl groups is 4. The average molecular weight is 530 g/mol. The third-order valence-electron chi connectivity index (χ3n) is 6.30. The molecule has 2 aromatic rings. The van der Waals surface area contributed by atoms with Gasteiger partial charge in [-0.1, -0.05) is 0 Å². The van der Waals surface area contributed by atoms with Crippen molar-refractivity contribution in [1.82, 2.24) is 29.1 Å². The maximum Gasteiger partial charge on any atom is 0.349 e. The molecule has 0 fully saturated rings. The normalized spacial score (nSPS) is 15.0. The van der Waals surface area contributed by atoms with E-state index in [4.69, 9.17) is 15.9 Å². The second-order valence-electron chi connectivity index (χ2n) is 9.00. The van der Waals surface area contributed by atoms with Crippen LogP contribution in [0.15, 0.2) is 34.2 Å². The Balaban J connectivity index is 1.82. The Labute approximate surface area is 213 Å². The van der Waals surface area contributed by atoms with E-state index in [1.54, 1.807) is 23.6 Å². The zero-order valence-corrected chi connectivity index (χ0v) is 20.2. The summed E-state index contributed by atoms with van der Waals surface area (Å²) >= 11 is 0. The molecule has 2 aliphatic heterocycles. The van der Waals surface area contributed by atoms with Gasteiger partial charge in [-0.2, -0.15) is 4.98 Å². The van der Waals surface area contributed by atoms with E-state index in [2.05, 4.69) is 19.9 Å². The quantitative estimate of drug-likeness (QED) is 0.103. The van der Waals surface area contributed by atoms with Crippen molar-refractivity contribution in [3.63, 3.8) is 0 Å². The van der Waals surface area contributed by atoms with Gasteiger partial charge >= 0.3 is 11.7 Å². The first-order chi connectivity index (χ1) is 18.0. The largest absolute Gasteiger partial charge is 0.480 e. The summed E-state index contributed by atoms with van der Waals surface area (Å²) in [7, 11) is 0. The van der Waals surface area contributed by atoms with Gasteiger partial charge in [0.05, 0.1) is 30.5 Å². The van der Waals surface area contributed by atoms with Gasteiger partial charge < -0.3 is 40.4 Å². The van der Waals surface area contributed by atoms with Gasteiger partial charge in [-0.25, -0.2) is 14.8 Å². The van der Waals surface area contributed by atoms with Crippen molar-refractivity contribution in [2.24, 2.45) is 5.73 Å². The Morgan fingerprint density at radius 3 is 2.58 bits per heavy atom. The maximum absolute atomic E-state index is 12.6. The predicted octanol–water partition coefficient (Wildman–Crippen LogP) is -2.83. The fourth-order valence-electron chi connectivity index (χ4n) is 4.16. The van der Waals surface area contributed by atoms with Crippen LogP contribution in [-0.2, 0) is 24.3 Å². The number of hydrogen-bond acceptors (Lipinski definition) is 11. The Hall–Kier alpha value is -4.02. The first-order valence-corrected chi connectivity index (χ1v) is 11.6. The first kappa shape index (κ1) is 27.0. The van der Waals surface area contributed by atoms with Crippen molar-refractivity contribution in [1.29, 1.82) is 0 Å². The minimum absolute atomic E-state index is 0.0589. The first-order valence-electron chi connectivity index (χ1n) is 11.6. The average Bonchev–Trinajstić information content (AvgIpc) is 3.30. The van der Waals surface area contributed by atoms with Crippen LogP contribution in [0.5, 0.6) is 0 Å². The molecule has 0 amide bonds. The van der Waals surface area contributed by atoms with Gasteiger partial charge in [0.2, 0.25) is 0 Å². The molecule has 0 radical (unpaired) electrons. The summed E-state index contributed by atoms with van der Waals surface area (Å²) in [5.74, 6) is -1.28. The zero-order chi connectivity index (χ0) is 27.7. The smallest absolute Gasteiger partial charge is 0.349 e. The summed E-state index contributed by atoms with van der Waals surface area (Å²) in [5, 5.41) is 48.7. The van der Waals surface area contributed by atoms with E-state index >= 15 is 0 Å². The number of imidazole rings is 1. The van der Waals surface area contributed by atoms with E-state index < -0.39 is 48.2 Å². The van der Waals surface area contributed by atoms with Crippen molar-refractivity contribution < 1.29 is 30.3 Å². The van der Waals surface area contributed by atoms with Gasteiger partial charge in [0, 0.05) is 24.9 Å². The zero-order valence-electron chi connectivity index (χ0n) is 20.2. The molecule has 4 rings (SSSR count). The van der Waals surface area contributed by atoms with Crippen LogP contribution in [0, 0.1) is 6.92 Å². The number of carboxylic acids is 1. The highest BCUT2D eigenvalue weighted by Gasteiger charge is 2.28. The topological polar surface area (TPSA) is 243 Å². The number of nitrogens with one attached hydrogen (secondary N) is 1. The Morgan fingerprint density at radius 2 is 1.89 bits per heavy atom. The minimum Gasteiger partial charge on any atom is -0.480 e. The SMILES string of the molecule is Cc1cc2c(cc1Cn1cncc1CC(N)C(=O)O)nc1c(=O)[nH]c(=O)nc-1n2CC(O)C(O)C(O)CO. The molecule has 15 heteroatoms. The number of carbonyl (C=O) groups is 1. The number of aryl methyl sites for hydroxylation is 1. The molecular weight excluding hydrogens is 502 g/mol. The molecule has 202 valence electrons. The monoisotopic (exact) mass is 529 g/mol. The Bertz CT molecular complexity index is 1560. The lowest BCUT2D eigenvalue weighted by molar-refractivity contribution is -0.138. The highest BCUT2D eigenvalue weighted by Crippen LogP contribution is 2.26. The molecule has 0 saturated heterocycles. The van der Waals surface area contributed by atoms with Crippen LogP contribution in [0.2, 0.25) is 0 Å². The van der Waals surface area contributed by atoms with Gasteiger partial charge in [-0.15, -0.1) is 0 Å². The number of fused-ring (bicyclic) bond motifs is 2. The Kier molecular flexibility index (Phi) is 7.66. The molecule has 4 unspecified atom stereocenters. The summed E-state index contributed by atoms with van der Waals surface area (Å²) in [6, 6.07) is 2.29. The van der Waals surface area contributed by atoms with Gasteiger partial charge in [-0.05, 0) is 30.2 Å². The summed E-state index contributed by atoms with van der Waals surface area (Å²) in [5.41, 5.74) is 6.53. The molecule has 0 aliphatic carbocycles. The Morgan fingerprint density at radius 1 is 1.16 bits per heavy atom. The van der Waals surface area contributed by atoms with Crippen LogP contribution in [0.25, 0.3) is 22.6 Å². The van der Waals surface area contributed by atoms with Crippen molar-refractivity contribution in [2.75, 3.05) is 6.61 Å². The van der Waals surface area contributed by atoms with Crippen LogP contribution in [0.3, 0.4) is 0 Å². The highest BCUT2D eigenvalue weighted by molar-refractivity contribution is 5.81. The number of nitrogens with two attached hydrogens (primary N) is 1. The number of benzene rings is 1. The van der Waals surface area contributed by atoms with Gasteiger partial charge in [0.15, 0.2) is 11.5 Å². The van der Waals surface area contributed by atoms with Crippen LogP contribution in [0.4, 0.5) is 0 Å². The summed E-state index contributed by atoms with van der Waals surface area (Å²) in [6.45, 7) is 0.899. The number of H-pyrrole nitrogens is 1. The third kappa shape index (κ3) is 5.32. The van der Waals surface area contributed by atoms with Crippen molar-refractivity contribution >= 4 is 17.0 Å². The highest BCUT2D eigenvalue weighted by atomic mass is 16.4. The summed E-state index contributed by atoms with van der Waals surface area (Å²) in [6.07, 6.45) is -1.82.